The third-order valence-electron chi connectivity index (χ3n) is 3.44. The Labute approximate surface area is 129 Å². The van der Waals surface area contributed by atoms with Crippen LogP contribution in [0.5, 0.6) is 0 Å². The van der Waals surface area contributed by atoms with Crippen molar-refractivity contribution >= 4 is 5.91 Å². The molecule has 3 aromatic rings. The normalized spacial score (nSPS) is 10.2. The Bertz CT molecular complexity index is 737. The summed E-state index contributed by atoms with van der Waals surface area (Å²) in [5.41, 5.74) is 3.83. The lowest BCUT2D eigenvalue weighted by Crippen LogP contribution is -2.22. The van der Waals surface area contributed by atoms with Gasteiger partial charge in [-0.1, -0.05) is 48.5 Å². The molecule has 1 N–H and O–H groups in total. The first-order valence-electron chi connectivity index (χ1n) is 7.15. The van der Waals surface area contributed by atoms with Crippen molar-refractivity contribution in [3.05, 3.63) is 90.3 Å². The fraction of sp³-hybridized carbons (Fsp3) is 0.0526. The summed E-state index contributed by atoms with van der Waals surface area (Å²) in [7, 11) is 0. The maximum absolute atomic E-state index is 12.1. The van der Waals surface area contributed by atoms with Crippen molar-refractivity contribution in [3.8, 4) is 11.1 Å². The summed E-state index contributed by atoms with van der Waals surface area (Å²) in [4.78, 5) is 16.2. The van der Waals surface area contributed by atoms with Crippen LogP contribution in [0.25, 0.3) is 11.1 Å². The number of nitrogens with one attached hydrogen (secondary N) is 1. The van der Waals surface area contributed by atoms with E-state index < -0.39 is 0 Å². The summed E-state index contributed by atoms with van der Waals surface area (Å²) < 4.78 is 0. The molecule has 1 heterocycles. The number of hydrogen-bond donors (Lipinski definition) is 1. The Morgan fingerprint density at radius 2 is 1.64 bits per heavy atom. The van der Waals surface area contributed by atoms with Gasteiger partial charge in [0.05, 0.1) is 0 Å². The Morgan fingerprint density at radius 3 is 2.32 bits per heavy atom. The number of aromatic nitrogens is 1. The largest absolute Gasteiger partial charge is 0.348 e. The molecule has 22 heavy (non-hydrogen) atoms. The van der Waals surface area contributed by atoms with Crippen LogP contribution in [0.1, 0.15) is 15.9 Å². The number of carbonyl (C=O) groups excluding carboxylic acids is 1. The molecule has 0 aliphatic carbocycles. The number of carbonyl (C=O) groups is 1. The molecule has 1 aromatic heterocycles. The molecular formula is C19H16N2O. The highest BCUT2D eigenvalue weighted by molar-refractivity contribution is 5.94. The van der Waals surface area contributed by atoms with Gasteiger partial charge in [0.15, 0.2) is 0 Å². The molecule has 2 aromatic carbocycles. The number of nitrogens with zero attached hydrogens (tertiary/aromatic N) is 1. The molecule has 0 aliphatic heterocycles. The van der Waals surface area contributed by atoms with E-state index in [9.17, 15) is 4.79 Å². The first kappa shape index (κ1) is 14.0. The lowest BCUT2D eigenvalue weighted by molar-refractivity contribution is 0.0951. The zero-order valence-electron chi connectivity index (χ0n) is 12.1. The highest BCUT2D eigenvalue weighted by Gasteiger charge is 2.05. The van der Waals surface area contributed by atoms with E-state index in [4.69, 9.17) is 0 Å². The number of benzene rings is 2. The van der Waals surface area contributed by atoms with Gasteiger partial charge >= 0.3 is 0 Å². The van der Waals surface area contributed by atoms with E-state index in [-0.39, 0.29) is 5.91 Å². The number of pyridine rings is 1. The van der Waals surface area contributed by atoms with E-state index in [0.717, 1.165) is 16.7 Å². The molecule has 0 radical (unpaired) electrons. The fourth-order valence-corrected chi connectivity index (χ4v) is 2.23. The number of rotatable bonds is 4. The standard InChI is InChI=1S/C19H16N2O/c22-19(21-13-15-5-2-1-3-6-15)17-10-8-16(9-11-17)18-7-4-12-20-14-18/h1-12,14H,13H2,(H,21,22). The maximum atomic E-state index is 12.1. The van der Waals surface area contributed by atoms with E-state index >= 15 is 0 Å². The van der Waals surface area contributed by atoms with Crippen LogP contribution in [0.2, 0.25) is 0 Å². The molecule has 0 atom stereocenters. The predicted octanol–water partition coefficient (Wildman–Crippen LogP) is 3.68. The van der Waals surface area contributed by atoms with Crippen LogP contribution in [-0.4, -0.2) is 10.9 Å². The van der Waals surface area contributed by atoms with Gasteiger partial charge in [0.1, 0.15) is 0 Å². The molecule has 0 unspecified atom stereocenters. The third-order valence-corrected chi connectivity index (χ3v) is 3.44. The molecule has 0 spiro atoms. The maximum Gasteiger partial charge on any atom is 0.251 e. The summed E-state index contributed by atoms with van der Waals surface area (Å²) in [5.74, 6) is -0.0680. The van der Waals surface area contributed by atoms with Gasteiger partial charge < -0.3 is 5.32 Å². The summed E-state index contributed by atoms with van der Waals surface area (Å²) in [5, 5.41) is 2.92. The minimum Gasteiger partial charge on any atom is -0.348 e. The lowest BCUT2D eigenvalue weighted by atomic mass is 10.1. The van der Waals surface area contributed by atoms with Gasteiger partial charge in [0.25, 0.3) is 5.91 Å². The summed E-state index contributed by atoms with van der Waals surface area (Å²) in [6, 6.07) is 21.3. The van der Waals surface area contributed by atoms with E-state index in [1.807, 2.05) is 72.9 Å². The molecule has 108 valence electrons. The quantitative estimate of drug-likeness (QED) is 0.795. The monoisotopic (exact) mass is 288 g/mol. The zero-order valence-corrected chi connectivity index (χ0v) is 12.1. The van der Waals surface area contributed by atoms with E-state index in [2.05, 4.69) is 10.3 Å². The van der Waals surface area contributed by atoms with Gasteiger partial charge in [0.2, 0.25) is 0 Å². The van der Waals surface area contributed by atoms with Gasteiger partial charge in [-0.05, 0) is 34.9 Å². The lowest BCUT2D eigenvalue weighted by Gasteiger charge is -2.06. The average Bonchev–Trinajstić information content (AvgIpc) is 2.61. The predicted molar refractivity (Wildman–Crippen MR) is 87.3 cm³/mol. The minimum atomic E-state index is -0.0680. The second-order valence-electron chi connectivity index (χ2n) is 4.99. The Kier molecular flexibility index (Phi) is 4.25. The fourth-order valence-electron chi connectivity index (χ4n) is 2.23. The molecule has 1 amide bonds. The van der Waals surface area contributed by atoms with Crippen molar-refractivity contribution in [2.45, 2.75) is 6.54 Å². The van der Waals surface area contributed by atoms with Crippen LogP contribution in [0.15, 0.2) is 79.1 Å². The number of amides is 1. The molecule has 3 rings (SSSR count). The molecule has 0 saturated heterocycles. The molecule has 0 fully saturated rings. The smallest absolute Gasteiger partial charge is 0.251 e. The first-order valence-corrected chi connectivity index (χ1v) is 7.15. The van der Waals surface area contributed by atoms with Crippen LogP contribution in [0.4, 0.5) is 0 Å². The topological polar surface area (TPSA) is 42.0 Å². The van der Waals surface area contributed by atoms with E-state index in [1.54, 1.807) is 6.20 Å². The molecule has 0 saturated carbocycles. The van der Waals surface area contributed by atoms with Gasteiger partial charge in [-0.3, -0.25) is 9.78 Å². The van der Waals surface area contributed by atoms with Crippen LogP contribution >= 0.6 is 0 Å². The van der Waals surface area contributed by atoms with Gasteiger partial charge in [0, 0.05) is 24.5 Å². The van der Waals surface area contributed by atoms with Crippen LogP contribution in [0, 0.1) is 0 Å². The SMILES string of the molecule is O=C(NCc1ccccc1)c1ccc(-c2cccnc2)cc1. The summed E-state index contributed by atoms with van der Waals surface area (Å²) >= 11 is 0. The second kappa shape index (κ2) is 6.68. The Hall–Kier alpha value is -2.94. The van der Waals surface area contributed by atoms with E-state index in [0.29, 0.717) is 12.1 Å². The summed E-state index contributed by atoms with van der Waals surface area (Å²) in [6.45, 7) is 0.532. The molecule has 0 aliphatic rings. The second-order valence-corrected chi connectivity index (χ2v) is 4.99. The van der Waals surface area contributed by atoms with Crippen molar-refractivity contribution in [3.63, 3.8) is 0 Å². The van der Waals surface area contributed by atoms with Crippen LogP contribution < -0.4 is 5.32 Å². The molecular weight excluding hydrogens is 272 g/mol. The van der Waals surface area contributed by atoms with Crippen molar-refractivity contribution < 1.29 is 4.79 Å². The minimum absolute atomic E-state index is 0.0680. The van der Waals surface area contributed by atoms with Crippen LogP contribution in [0.3, 0.4) is 0 Å². The zero-order chi connectivity index (χ0) is 15.2. The third kappa shape index (κ3) is 3.38. The van der Waals surface area contributed by atoms with Crippen molar-refractivity contribution in [2.75, 3.05) is 0 Å². The molecule has 3 nitrogen and oxygen atoms in total. The van der Waals surface area contributed by atoms with Crippen molar-refractivity contribution in [2.24, 2.45) is 0 Å². The van der Waals surface area contributed by atoms with Gasteiger partial charge in [-0.2, -0.15) is 0 Å². The molecule has 3 heteroatoms. The Balaban J connectivity index is 1.66. The average molecular weight is 288 g/mol. The van der Waals surface area contributed by atoms with Gasteiger partial charge in [-0.25, -0.2) is 0 Å². The summed E-state index contributed by atoms with van der Waals surface area (Å²) in [6.07, 6.45) is 3.55. The highest BCUT2D eigenvalue weighted by atomic mass is 16.1. The molecule has 0 bridgehead atoms. The van der Waals surface area contributed by atoms with E-state index in [1.165, 1.54) is 0 Å². The Morgan fingerprint density at radius 1 is 0.864 bits per heavy atom. The van der Waals surface area contributed by atoms with Gasteiger partial charge in [-0.15, -0.1) is 0 Å². The first-order chi connectivity index (χ1) is 10.8. The van der Waals surface area contributed by atoms with Crippen molar-refractivity contribution in [1.29, 1.82) is 0 Å². The van der Waals surface area contributed by atoms with Crippen molar-refractivity contribution in [1.82, 2.24) is 10.3 Å². The number of hydrogen-bond acceptors (Lipinski definition) is 2. The van der Waals surface area contributed by atoms with Crippen LogP contribution in [-0.2, 0) is 6.54 Å². The highest BCUT2D eigenvalue weighted by Crippen LogP contribution is 2.18.